The quantitative estimate of drug-likeness (QED) is 0.819. The minimum absolute atomic E-state index is 0.0539. The highest BCUT2D eigenvalue weighted by atomic mass is 16.5. The first-order chi connectivity index (χ1) is 10.2. The second-order valence-corrected chi connectivity index (χ2v) is 4.92. The van der Waals surface area contributed by atoms with Crippen LogP contribution in [-0.2, 0) is 16.0 Å². The van der Waals surface area contributed by atoms with E-state index in [4.69, 9.17) is 4.74 Å². The smallest absolute Gasteiger partial charge is 0.244 e. The lowest BCUT2D eigenvalue weighted by molar-refractivity contribution is -0.124. The van der Waals surface area contributed by atoms with Crippen LogP contribution in [0.5, 0.6) is 0 Å². The Morgan fingerprint density at radius 3 is 2.95 bits per heavy atom. The Kier molecular flexibility index (Phi) is 5.32. The summed E-state index contributed by atoms with van der Waals surface area (Å²) in [6, 6.07) is -0.348. The molecule has 2 rings (SSSR count). The Morgan fingerprint density at radius 1 is 1.48 bits per heavy atom. The van der Waals surface area contributed by atoms with Crippen LogP contribution in [0, 0.1) is 0 Å². The van der Waals surface area contributed by atoms with E-state index in [-0.39, 0.29) is 11.9 Å². The maximum absolute atomic E-state index is 12.1. The molecule has 1 aromatic rings. The fourth-order valence-corrected chi connectivity index (χ4v) is 2.59. The van der Waals surface area contributed by atoms with E-state index in [0.29, 0.717) is 19.8 Å². The highest BCUT2D eigenvalue weighted by Gasteiger charge is 2.31. The molecule has 1 atom stereocenters. The number of nitrogens with one attached hydrogen (secondary N) is 2. The number of morpholine rings is 1. The van der Waals surface area contributed by atoms with Crippen LogP contribution < -0.4 is 15.5 Å². The molecular weight excluding hydrogens is 270 g/mol. The predicted octanol–water partition coefficient (Wildman–Crippen LogP) is 0.422. The third kappa shape index (κ3) is 3.24. The van der Waals surface area contributed by atoms with E-state index >= 15 is 0 Å². The van der Waals surface area contributed by atoms with Gasteiger partial charge in [0.05, 0.1) is 13.2 Å². The van der Waals surface area contributed by atoms with E-state index in [1.807, 2.05) is 11.9 Å². The van der Waals surface area contributed by atoms with Crippen LogP contribution >= 0.6 is 0 Å². The topological polar surface area (TPSA) is 79.4 Å². The Hall–Kier alpha value is -1.89. The Morgan fingerprint density at radius 2 is 2.29 bits per heavy atom. The number of amides is 1. The van der Waals surface area contributed by atoms with E-state index < -0.39 is 0 Å². The molecule has 0 saturated carbocycles. The molecule has 2 heterocycles. The van der Waals surface area contributed by atoms with Gasteiger partial charge < -0.3 is 20.3 Å². The molecule has 1 aliphatic rings. The molecule has 0 radical (unpaired) electrons. The summed E-state index contributed by atoms with van der Waals surface area (Å²) in [5, 5.41) is 5.80. The minimum atomic E-state index is -0.348. The summed E-state index contributed by atoms with van der Waals surface area (Å²) >= 11 is 0. The maximum Gasteiger partial charge on any atom is 0.244 e. The number of rotatable bonds is 5. The third-order valence-electron chi connectivity index (χ3n) is 3.61. The van der Waals surface area contributed by atoms with Gasteiger partial charge in [-0.25, -0.2) is 9.97 Å². The summed E-state index contributed by atoms with van der Waals surface area (Å²) < 4.78 is 5.45. The first-order valence-electron chi connectivity index (χ1n) is 7.30. The first-order valence-corrected chi connectivity index (χ1v) is 7.30. The molecule has 1 unspecified atom stereocenters. The van der Waals surface area contributed by atoms with Crippen LogP contribution in [0.3, 0.4) is 0 Å². The average Bonchev–Trinajstić information content (AvgIpc) is 2.54. The van der Waals surface area contributed by atoms with Crippen molar-refractivity contribution in [3.05, 3.63) is 11.9 Å². The van der Waals surface area contributed by atoms with E-state index in [0.717, 1.165) is 30.0 Å². The Labute approximate surface area is 125 Å². The van der Waals surface area contributed by atoms with Crippen molar-refractivity contribution < 1.29 is 9.53 Å². The third-order valence-corrected chi connectivity index (χ3v) is 3.61. The van der Waals surface area contributed by atoms with Gasteiger partial charge in [0.15, 0.2) is 0 Å². The van der Waals surface area contributed by atoms with Crippen LogP contribution in [0.25, 0.3) is 0 Å². The van der Waals surface area contributed by atoms with Crippen LogP contribution in [0.1, 0.15) is 18.9 Å². The molecule has 0 bridgehead atoms. The molecule has 21 heavy (non-hydrogen) atoms. The number of hydrogen-bond acceptors (Lipinski definition) is 6. The molecule has 0 aromatic carbocycles. The monoisotopic (exact) mass is 293 g/mol. The van der Waals surface area contributed by atoms with Crippen molar-refractivity contribution in [2.45, 2.75) is 25.8 Å². The molecule has 0 spiro atoms. The zero-order valence-electron chi connectivity index (χ0n) is 12.8. The summed E-state index contributed by atoms with van der Waals surface area (Å²) in [5.41, 5.74) is 1.05. The van der Waals surface area contributed by atoms with E-state index in [9.17, 15) is 4.79 Å². The molecule has 0 aliphatic carbocycles. The first kappa shape index (κ1) is 15.5. The number of ether oxygens (including phenoxy) is 1. The van der Waals surface area contributed by atoms with Crippen molar-refractivity contribution in [1.82, 2.24) is 15.3 Å². The largest absolute Gasteiger partial charge is 0.377 e. The highest BCUT2D eigenvalue weighted by molar-refractivity contribution is 5.85. The van der Waals surface area contributed by atoms with Crippen LogP contribution in [0.2, 0.25) is 0 Å². The number of aromatic nitrogens is 2. The van der Waals surface area contributed by atoms with E-state index in [1.54, 1.807) is 7.05 Å². The maximum atomic E-state index is 12.1. The number of hydrogen-bond donors (Lipinski definition) is 2. The van der Waals surface area contributed by atoms with Crippen molar-refractivity contribution in [3.8, 4) is 0 Å². The molecule has 116 valence electrons. The number of nitrogens with zero attached hydrogens (tertiary/aromatic N) is 3. The molecule has 7 nitrogen and oxygen atoms in total. The highest BCUT2D eigenvalue weighted by Crippen LogP contribution is 2.27. The second-order valence-electron chi connectivity index (χ2n) is 4.92. The van der Waals surface area contributed by atoms with Gasteiger partial charge in [0, 0.05) is 26.2 Å². The van der Waals surface area contributed by atoms with Gasteiger partial charge in [-0.05, 0) is 6.42 Å². The lowest BCUT2D eigenvalue weighted by atomic mass is 10.1. The van der Waals surface area contributed by atoms with Crippen LogP contribution in [-0.4, -0.2) is 55.8 Å². The molecule has 1 fully saturated rings. The Balaban J connectivity index is 2.40. The van der Waals surface area contributed by atoms with Crippen molar-refractivity contribution in [3.63, 3.8) is 0 Å². The summed E-state index contributed by atoms with van der Waals surface area (Å²) in [5.74, 6) is 1.60. The van der Waals surface area contributed by atoms with E-state index in [2.05, 4.69) is 27.5 Å². The molecule has 1 aliphatic heterocycles. The van der Waals surface area contributed by atoms with Gasteiger partial charge >= 0.3 is 0 Å². The molecule has 2 N–H and O–H groups in total. The lowest BCUT2D eigenvalue weighted by Gasteiger charge is -2.36. The summed E-state index contributed by atoms with van der Waals surface area (Å²) in [4.78, 5) is 22.8. The van der Waals surface area contributed by atoms with Crippen molar-refractivity contribution in [1.29, 1.82) is 0 Å². The summed E-state index contributed by atoms with van der Waals surface area (Å²) in [6.45, 7) is 3.74. The number of likely N-dealkylation sites (N-methyl/N-ethyl adjacent to an activating group) is 1. The number of anilines is 2. The minimum Gasteiger partial charge on any atom is -0.377 e. The van der Waals surface area contributed by atoms with Crippen LogP contribution in [0.15, 0.2) is 6.33 Å². The van der Waals surface area contributed by atoms with E-state index in [1.165, 1.54) is 6.33 Å². The molecular formula is C14H23N5O2. The number of carbonyl (C=O) groups is 1. The standard InChI is InChI=1S/C14H23N5O2/c1-4-5-10-12(15-2)17-9-18-13(10)19-6-7-21-8-11(19)14(20)16-3/h9,11H,4-8H2,1-3H3,(H,16,20)(H,15,17,18). The zero-order valence-corrected chi connectivity index (χ0v) is 12.8. The fraction of sp³-hybridized carbons (Fsp3) is 0.643. The predicted molar refractivity (Wildman–Crippen MR) is 81.6 cm³/mol. The van der Waals surface area contributed by atoms with Gasteiger partial charge in [-0.1, -0.05) is 13.3 Å². The zero-order chi connectivity index (χ0) is 15.2. The summed E-state index contributed by atoms with van der Waals surface area (Å²) in [6.07, 6.45) is 3.39. The molecule has 1 saturated heterocycles. The van der Waals surface area contributed by atoms with Gasteiger partial charge in [-0.15, -0.1) is 0 Å². The average molecular weight is 293 g/mol. The Bertz CT molecular complexity index is 494. The van der Waals surface area contributed by atoms with Crippen molar-refractivity contribution in [2.75, 3.05) is 44.1 Å². The second kappa shape index (κ2) is 7.21. The molecule has 1 amide bonds. The molecule has 7 heteroatoms. The fourth-order valence-electron chi connectivity index (χ4n) is 2.59. The van der Waals surface area contributed by atoms with Gasteiger partial charge in [-0.3, -0.25) is 4.79 Å². The normalized spacial score (nSPS) is 18.4. The van der Waals surface area contributed by atoms with Crippen molar-refractivity contribution in [2.24, 2.45) is 0 Å². The van der Waals surface area contributed by atoms with Gasteiger partial charge in [0.25, 0.3) is 0 Å². The van der Waals surface area contributed by atoms with Gasteiger partial charge in [0.1, 0.15) is 24.0 Å². The SMILES string of the molecule is CCCc1c(NC)ncnc1N1CCOCC1C(=O)NC. The van der Waals surface area contributed by atoms with Crippen LogP contribution in [0.4, 0.5) is 11.6 Å². The van der Waals surface area contributed by atoms with Crippen molar-refractivity contribution >= 4 is 17.5 Å². The lowest BCUT2D eigenvalue weighted by Crippen LogP contribution is -2.54. The number of carbonyl (C=O) groups excluding carboxylic acids is 1. The summed E-state index contributed by atoms with van der Waals surface area (Å²) in [7, 11) is 3.49. The molecule has 1 aromatic heterocycles. The van der Waals surface area contributed by atoms with Gasteiger partial charge in [-0.2, -0.15) is 0 Å². The van der Waals surface area contributed by atoms with Gasteiger partial charge in [0.2, 0.25) is 5.91 Å².